The summed E-state index contributed by atoms with van der Waals surface area (Å²) in [7, 11) is 0. The van der Waals surface area contributed by atoms with Gasteiger partial charge < -0.3 is 15.7 Å². The molecular formula is C20H16F4N4O3. The molecule has 0 radical (unpaired) electrons. The monoisotopic (exact) mass is 436 g/mol. The molecule has 1 unspecified atom stereocenters. The van der Waals surface area contributed by atoms with Gasteiger partial charge in [-0.1, -0.05) is 11.8 Å². The first-order valence-corrected chi connectivity index (χ1v) is 9.30. The average molecular weight is 436 g/mol. The quantitative estimate of drug-likeness (QED) is 0.508. The van der Waals surface area contributed by atoms with Crippen LogP contribution in [0.1, 0.15) is 29.5 Å². The van der Waals surface area contributed by atoms with Crippen molar-refractivity contribution in [1.82, 2.24) is 14.9 Å². The van der Waals surface area contributed by atoms with Gasteiger partial charge in [0.15, 0.2) is 0 Å². The van der Waals surface area contributed by atoms with Crippen LogP contribution in [0.2, 0.25) is 0 Å². The Morgan fingerprint density at radius 1 is 1.26 bits per heavy atom. The number of hydrogen-bond donors (Lipinski definition) is 3. The van der Waals surface area contributed by atoms with Crippen molar-refractivity contribution in [3.05, 3.63) is 57.5 Å². The van der Waals surface area contributed by atoms with Crippen LogP contribution in [0.15, 0.2) is 29.5 Å². The van der Waals surface area contributed by atoms with Crippen LogP contribution < -0.4 is 16.2 Å². The number of carbonyl (C=O) groups excluding carboxylic acids is 1. The number of nitrogens with one attached hydrogen (secondary N) is 2. The summed E-state index contributed by atoms with van der Waals surface area (Å²) in [6.07, 6.45) is -1.40. The lowest BCUT2D eigenvalue weighted by Gasteiger charge is -2.37. The number of amides is 2. The lowest BCUT2D eigenvalue weighted by molar-refractivity contribution is -0.178. The number of benzene rings is 1. The number of aliphatic hydroxyl groups is 1. The van der Waals surface area contributed by atoms with E-state index in [0.717, 1.165) is 23.2 Å². The summed E-state index contributed by atoms with van der Waals surface area (Å²) in [6, 6.07) is 0.579. The molecule has 1 atom stereocenters. The van der Waals surface area contributed by atoms with E-state index < -0.39 is 41.3 Å². The Bertz CT molecular complexity index is 1180. The van der Waals surface area contributed by atoms with Gasteiger partial charge in [0.1, 0.15) is 5.82 Å². The smallest absolute Gasteiger partial charge is 0.391 e. The standard InChI is InChI=1S/C20H16F4N4O3/c21-15-6-14-16(5-12(15)8-28-10-25-7-13(9-29)17(28)30)26-18(31)27-19(14,20(22,23)24)4-3-11-1-2-11/h5-7,10-11,29H,1-2,8-9H2,(H2,26,27,31). The highest BCUT2D eigenvalue weighted by molar-refractivity contribution is 5.95. The van der Waals surface area contributed by atoms with Gasteiger partial charge in [0.05, 0.1) is 25.0 Å². The number of carbonyl (C=O) groups is 1. The molecule has 162 valence electrons. The average Bonchev–Trinajstić information content (AvgIpc) is 3.52. The highest BCUT2D eigenvalue weighted by Crippen LogP contribution is 2.45. The fourth-order valence-electron chi connectivity index (χ4n) is 3.28. The molecule has 2 heterocycles. The van der Waals surface area contributed by atoms with Crippen molar-refractivity contribution >= 4 is 11.7 Å². The molecule has 2 aliphatic rings. The second kappa shape index (κ2) is 7.39. The van der Waals surface area contributed by atoms with E-state index in [1.807, 2.05) is 5.32 Å². The van der Waals surface area contributed by atoms with Crippen molar-refractivity contribution in [3.63, 3.8) is 0 Å². The van der Waals surface area contributed by atoms with Crippen molar-refractivity contribution in [3.8, 4) is 11.8 Å². The number of fused-ring (bicyclic) bond motifs is 1. The number of hydrogen-bond acceptors (Lipinski definition) is 4. The number of anilines is 1. The second-order valence-electron chi connectivity index (χ2n) is 7.37. The number of urea groups is 1. The molecule has 1 saturated carbocycles. The molecule has 0 saturated heterocycles. The summed E-state index contributed by atoms with van der Waals surface area (Å²) in [4.78, 5) is 28.1. The molecular weight excluding hydrogens is 420 g/mol. The van der Waals surface area contributed by atoms with Gasteiger partial charge in [-0.15, -0.1) is 0 Å². The third-order valence-corrected chi connectivity index (χ3v) is 5.09. The first-order chi connectivity index (χ1) is 14.6. The minimum Gasteiger partial charge on any atom is -0.391 e. The Balaban J connectivity index is 1.82. The van der Waals surface area contributed by atoms with Gasteiger partial charge in [0.25, 0.3) is 5.56 Å². The maximum atomic E-state index is 14.9. The fraction of sp³-hybridized carbons (Fsp3) is 0.350. The molecule has 1 aromatic carbocycles. The maximum Gasteiger partial charge on any atom is 0.427 e. The van der Waals surface area contributed by atoms with E-state index >= 15 is 0 Å². The van der Waals surface area contributed by atoms with Crippen LogP contribution in [0.5, 0.6) is 0 Å². The van der Waals surface area contributed by atoms with Gasteiger partial charge >= 0.3 is 12.2 Å². The van der Waals surface area contributed by atoms with Crippen LogP contribution in [0.4, 0.5) is 28.0 Å². The highest BCUT2D eigenvalue weighted by Gasteiger charge is 2.59. The second-order valence-corrected chi connectivity index (χ2v) is 7.37. The number of nitrogens with zero attached hydrogens (tertiary/aromatic N) is 2. The lowest BCUT2D eigenvalue weighted by Crippen LogP contribution is -2.59. The Morgan fingerprint density at radius 2 is 2.00 bits per heavy atom. The van der Waals surface area contributed by atoms with E-state index in [9.17, 15) is 32.3 Å². The predicted octanol–water partition coefficient (Wildman–Crippen LogP) is 2.23. The van der Waals surface area contributed by atoms with Gasteiger partial charge in [0.2, 0.25) is 5.54 Å². The van der Waals surface area contributed by atoms with Crippen LogP contribution in [-0.2, 0) is 18.7 Å². The molecule has 0 spiro atoms. The first-order valence-electron chi connectivity index (χ1n) is 9.30. The van der Waals surface area contributed by atoms with Crippen molar-refractivity contribution < 1.29 is 27.5 Å². The van der Waals surface area contributed by atoms with Crippen LogP contribution >= 0.6 is 0 Å². The molecule has 2 amide bonds. The summed E-state index contributed by atoms with van der Waals surface area (Å²) >= 11 is 0. The molecule has 2 aromatic rings. The zero-order valence-corrected chi connectivity index (χ0v) is 15.9. The van der Waals surface area contributed by atoms with E-state index in [0.29, 0.717) is 18.9 Å². The molecule has 4 rings (SSSR count). The van der Waals surface area contributed by atoms with Gasteiger partial charge in [-0.2, -0.15) is 13.2 Å². The molecule has 1 aromatic heterocycles. The van der Waals surface area contributed by atoms with E-state index in [-0.39, 0.29) is 29.3 Å². The summed E-state index contributed by atoms with van der Waals surface area (Å²) in [5.74, 6) is 3.46. The number of aromatic nitrogens is 2. The normalized spacial score (nSPS) is 20.2. The molecule has 11 heteroatoms. The lowest BCUT2D eigenvalue weighted by atomic mass is 9.85. The van der Waals surface area contributed by atoms with Crippen molar-refractivity contribution in [2.24, 2.45) is 5.92 Å². The topological polar surface area (TPSA) is 96.2 Å². The third kappa shape index (κ3) is 3.74. The minimum atomic E-state index is -5.01. The van der Waals surface area contributed by atoms with Crippen molar-refractivity contribution in [1.29, 1.82) is 0 Å². The summed E-state index contributed by atoms with van der Waals surface area (Å²) in [5.41, 5.74) is -4.68. The zero-order chi connectivity index (χ0) is 22.4. The van der Waals surface area contributed by atoms with E-state index in [2.05, 4.69) is 22.1 Å². The summed E-state index contributed by atoms with van der Waals surface area (Å²) < 4.78 is 58.1. The SMILES string of the molecule is O=C1Nc2cc(Cn3cncc(CO)c3=O)c(F)cc2C(C#CC2CC2)(C(F)(F)F)N1. The Labute approximate surface area is 173 Å². The van der Waals surface area contributed by atoms with Crippen LogP contribution in [-0.4, -0.2) is 26.9 Å². The number of alkyl halides is 3. The molecule has 31 heavy (non-hydrogen) atoms. The fourth-order valence-corrected chi connectivity index (χ4v) is 3.28. The van der Waals surface area contributed by atoms with E-state index in [1.165, 1.54) is 0 Å². The Kier molecular flexibility index (Phi) is 4.97. The summed E-state index contributed by atoms with van der Waals surface area (Å²) in [5, 5.41) is 13.3. The minimum absolute atomic E-state index is 0.0233. The number of halogens is 4. The Hall–Kier alpha value is -3.39. The Morgan fingerprint density at radius 3 is 2.65 bits per heavy atom. The molecule has 1 aliphatic heterocycles. The highest BCUT2D eigenvalue weighted by atomic mass is 19.4. The number of rotatable bonds is 3. The van der Waals surface area contributed by atoms with Crippen LogP contribution in [0.3, 0.4) is 0 Å². The number of aliphatic hydroxyl groups excluding tert-OH is 1. The molecule has 1 fully saturated rings. The third-order valence-electron chi connectivity index (χ3n) is 5.09. The predicted molar refractivity (Wildman–Crippen MR) is 100 cm³/mol. The maximum absolute atomic E-state index is 14.9. The molecule has 3 N–H and O–H groups in total. The molecule has 1 aliphatic carbocycles. The van der Waals surface area contributed by atoms with Gasteiger partial charge in [0, 0.05) is 28.9 Å². The van der Waals surface area contributed by atoms with Crippen LogP contribution in [0, 0.1) is 23.6 Å². The van der Waals surface area contributed by atoms with Gasteiger partial charge in [-0.05, 0) is 25.0 Å². The van der Waals surface area contributed by atoms with Gasteiger partial charge in [-0.25, -0.2) is 14.2 Å². The first kappa shape index (κ1) is 20.9. The molecule has 0 bridgehead atoms. The summed E-state index contributed by atoms with van der Waals surface area (Å²) in [6.45, 7) is -0.941. The van der Waals surface area contributed by atoms with Crippen LogP contribution in [0.25, 0.3) is 0 Å². The van der Waals surface area contributed by atoms with Crippen molar-refractivity contribution in [2.75, 3.05) is 5.32 Å². The molecule has 7 nitrogen and oxygen atoms in total. The zero-order valence-electron chi connectivity index (χ0n) is 15.9. The van der Waals surface area contributed by atoms with E-state index in [4.69, 9.17) is 0 Å². The largest absolute Gasteiger partial charge is 0.427 e. The van der Waals surface area contributed by atoms with E-state index in [1.54, 1.807) is 0 Å². The van der Waals surface area contributed by atoms with Gasteiger partial charge in [-0.3, -0.25) is 9.36 Å². The van der Waals surface area contributed by atoms with Crippen molar-refractivity contribution in [2.45, 2.75) is 37.7 Å².